The number of carbonyl (C=O) groups is 1. The smallest absolute Gasteiger partial charge is 0.224 e. The highest BCUT2D eigenvalue weighted by Crippen LogP contribution is 2.14. The van der Waals surface area contributed by atoms with Crippen LogP contribution in [0.25, 0.3) is 0 Å². The van der Waals surface area contributed by atoms with Crippen LogP contribution in [0.1, 0.15) is 45.6 Å². The van der Waals surface area contributed by atoms with Gasteiger partial charge in [0.15, 0.2) is 0 Å². The second-order valence-electron chi connectivity index (χ2n) is 5.51. The first-order valence-corrected chi connectivity index (χ1v) is 7.19. The van der Waals surface area contributed by atoms with E-state index in [0.717, 1.165) is 24.1 Å². The van der Waals surface area contributed by atoms with Crippen LogP contribution < -0.4 is 11.1 Å². The molecule has 0 heterocycles. The molecule has 0 spiro atoms. The van der Waals surface area contributed by atoms with Crippen molar-refractivity contribution >= 4 is 11.6 Å². The summed E-state index contributed by atoms with van der Waals surface area (Å²) in [5.41, 5.74) is 7.29. The summed E-state index contributed by atoms with van der Waals surface area (Å²) in [6.45, 7) is 7.34. The minimum Gasteiger partial charge on any atom is -0.376 e. The minimum absolute atomic E-state index is 0.0170. The topological polar surface area (TPSA) is 64.3 Å². The third-order valence-corrected chi connectivity index (χ3v) is 3.37. The quantitative estimate of drug-likeness (QED) is 0.718. The van der Waals surface area contributed by atoms with Gasteiger partial charge in [0.1, 0.15) is 0 Å². The van der Waals surface area contributed by atoms with E-state index in [2.05, 4.69) is 26.1 Å². The van der Waals surface area contributed by atoms with Crippen LogP contribution in [0, 0.1) is 0 Å². The molecule has 1 amide bonds. The highest BCUT2D eigenvalue weighted by molar-refractivity contribution is 5.90. The number of benzene rings is 1. The number of ether oxygens (including phenoxy) is 1. The zero-order valence-corrected chi connectivity index (χ0v) is 12.7. The summed E-state index contributed by atoms with van der Waals surface area (Å²) < 4.78 is 5.72. The molecule has 0 aromatic heterocycles. The first kappa shape index (κ1) is 16.7. The van der Waals surface area contributed by atoms with Gasteiger partial charge in [-0.3, -0.25) is 4.79 Å². The number of rotatable bonds is 8. The lowest BCUT2D eigenvalue weighted by Crippen LogP contribution is -2.24. The van der Waals surface area contributed by atoms with Crippen molar-refractivity contribution in [1.29, 1.82) is 0 Å². The molecule has 0 aliphatic carbocycles. The van der Waals surface area contributed by atoms with E-state index < -0.39 is 0 Å². The largest absolute Gasteiger partial charge is 0.376 e. The van der Waals surface area contributed by atoms with Crippen molar-refractivity contribution in [2.75, 3.05) is 11.9 Å². The van der Waals surface area contributed by atoms with Crippen molar-refractivity contribution in [3.63, 3.8) is 0 Å². The molecule has 3 N–H and O–H groups in total. The van der Waals surface area contributed by atoms with Crippen molar-refractivity contribution in [2.24, 2.45) is 5.73 Å². The average Bonchev–Trinajstić information content (AvgIpc) is 2.44. The summed E-state index contributed by atoms with van der Waals surface area (Å²) in [5, 5.41) is 2.87. The Hall–Kier alpha value is -1.39. The van der Waals surface area contributed by atoms with Crippen molar-refractivity contribution in [2.45, 2.75) is 52.2 Å². The van der Waals surface area contributed by atoms with Gasteiger partial charge in [-0.05, 0) is 44.4 Å². The average molecular weight is 278 g/mol. The molecule has 4 nitrogen and oxygen atoms in total. The molecule has 0 unspecified atom stereocenters. The maximum Gasteiger partial charge on any atom is 0.224 e. The van der Waals surface area contributed by atoms with Crippen LogP contribution in [-0.4, -0.2) is 18.1 Å². The normalized spacial score (nSPS) is 11.4. The highest BCUT2D eigenvalue weighted by Gasteiger charge is 2.14. The summed E-state index contributed by atoms with van der Waals surface area (Å²) >= 11 is 0. The minimum atomic E-state index is -0.103. The van der Waals surface area contributed by atoms with E-state index in [-0.39, 0.29) is 11.5 Å². The molecule has 0 saturated carbocycles. The van der Waals surface area contributed by atoms with Crippen LogP contribution in [0.15, 0.2) is 24.3 Å². The van der Waals surface area contributed by atoms with Crippen LogP contribution in [0.2, 0.25) is 0 Å². The van der Waals surface area contributed by atoms with E-state index >= 15 is 0 Å². The SMILES string of the molecule is CCC(C)(C)OCCCC(=O)Nc1ccc(CN)cc1. The fourth-order valence-electron chi connectivity index (χ4n) is 1.63. The van der Waals surface area contributed by atoms with Gasteiger partial charge in [0.25, 0.3) is 0 Å². The molecule has 1 rings (SSSR count). The fraction of sp³-hybridized carbons (Fsp3) is 0.562. The van der Waals surface area contributed by atoms with E-state index in [9.17, 15) is 4.79 Å². The first-order valence-electron chi connectivity index (χ1n) is 7.19. The maximum atomic E-state index is 11.8. The number of amides is 1. The van der Waals surface area contributed by atoms with Crippen molar-refractivity contribution in [3.8, 4) is 0 Å². The van der Waals surface area contributed by atoms with Gasteiger partial charge in [-0.1, -0.05) is 19.1 Å². The van der Waals surface area contributed by atoms with Gasteiger partial charge >= 0.3 is 0 Å². The van der Waals surface area contributed by atoms with E-state index in [1.54, 1.807) is 0 Å². The van der Waals surface area contributed by atoms with Crippen molar-refractivity contribution in [3.05, 3.63) is 29.8 Å². The molecule has 0 aliphatic rings. The highest BCUT2D eigenvalue weighted by atomic mass is 16.5. The maximum absolute atomic E-state index is 11.8. The second-order valence-corrected chi connectivity index (χ2v) is 5.51. The Kier molecular flexibility index (Phi) is 6.68. The number of anilines is 1. The molecule has 0 radical (unpaired) electrons. The third kappa shape index (κ3) is 6.17. The van der Waals surface area contributed by atoms with Gasteiger partial charge in [0.05, 0.1) is 5.60 Å². The molecular formula is C16H26N2O2. The molecule has 0 bridgehead atoms. The molecule has 0 fully saturated rings. The predicted molar refractivity (Wildman–Crippen MR) is 82.5 cm³/mol. The van der Waals surface area contributed by atoms with Gasteiger partial charge in [-0.25, -0.2) is 0 Å². The number of carbonyl (C=O) groups excluding carboxylic acids is 1. The molecule has 1 aromatic carbocycles. The molecule has 112 valence electrons. The third-order valence-electron chi connectivity index (χ3n) is 3.37. The molecule has 4 heteroatoms. The van der Waals surface area contributed by atoms with Crippen molar-refractivity contribution in [1.82, 2.24) is 0 Å². The van der Waals surface area contributed by atoms with Gasteiger partial charge < -0.3 is 15.8 Å². The first-order chi connectivity index (χ1) is 9.46. The summed E-state index contributed by atoms with van der Waals surface area (Å²) in [5.74, 6) is 0.0170. The standard InChI is InChI=1S/C16H26N2O2/c1-4-16(2,3)20-11-5-6-15(19)18-14-9-7-13(12-17)8-10-14/h7-10H,4-6,11-12,17H2,1-3H3,(H,18,19). The Morgan fingerprint density at radius 2 is 1.95 bits per heavy atom. The Morgan fingerprint density at radius 1 is 1.30 bits per heavy atom. The summed E-state index contributed by atoms with van der Waals surface area (Å²) in [6, 6.07) is 7.58. The number of nitrogens with two attached hydrogens (primary N) is 1. The Morgan fingerprint density at radius 3 is 2.50 bits per heavy atom. The summed E-state index contributed by atoms with van der Waals surface area (Å²) in [7, 11) is 0. The van der Waals surface area contributed by atoms with Gasteiger partial charge in [0, 0.05) is 25.3 Å². The van der Waals surface area contributed by atoms with Crippen LogP contribution in [0.5, 0.6) is 0 Å². The molecule has 20 heavy (non-hydrogen) atoms. The number of hydrogen-bond donors (Lipinski definition) is 2. The van der Waals surface area contributed by atoms with Crippen LogP contribution >= 0.6 is 0 Å². The zero-order valence-electron chi connectivity index (χ0n) is 12.7. The fourth-order valence-corrected chi connectivity index (χ4v) is 1.63. The zero-order chi connectivity index (χ0) is 15.0. The number of nitrogens with one attached hydrogen (secondary N) is 1. The summed E-state index contributed by atoms with van der Waals surface area (Å²) in [6.07, 6.45) is 2.17. The Balaban J connectivity index is 2.26. The second kappa shape index (κ2) is 8.02. The predicted octanol–water partition coefficient (Wildman–Crippen LogP) is 3.07. The van der Waals surface area contributed by atoms with E-state index in [1.807, 2.05) is 24.3 Å². The number of hydrogen-bond acceptors (Lipinski definition) is 3. The van der Waals surface area contributed by atoms with Crippen LogP contribution in [-0.2, 0) is 16.1 Å². The lowest BCUT2D eigenvalue weighted by atomic mass is 10.1. The van der Waals surface area contributed by atoms with Crippen LogP contribution in [0.3, 0.4) is 0 Å². The van der Waals surface area contributed by atoms with E-state index in [4.69, 9.17) is 10.5 Å². The molecule has 1 aromatic rings. The van der Waals surface area contributed by atoms with Crippen molar-refractivity contribution < 1.29 is 9.53 Å². The van der Waals surface area contributed by atoms with Crippen LogP contribution in [0.4, 0.5) is 5.69 Å². The monoisotopic (exact) mass is 278 g/mol. The molecular weight excluding hydrogens is 252 g/mol. The van der Waals surface area contributed by atoms with E-state index in [0.29, 0.717) is 19.6 Å². The lowest BCUT2D eigenvalue weighted by Gasteiger charge is -2.23. The molecule has 0 aliphatic heterocycles. The van der Waals surface area contributed by atoms with E-state index in [1.165, 1.54) is 0 Å². The van der Waals surface area contributed by atoms with Gasteiger partial charge in [-0.15, -0.1) is 0 Å². The Bertz CT molecular complexity index is 413. The lowest BCUT2D eigenvalue weighted by molar-refractivity contribution is -0.117. The van der Waals surface area contributed by atoms with Gasteiger partial charge in [0.2, 0.25) is 5.91 Å². The van der Waals surface area contributed by atoms with Gasteiger partial charge in [-0.2, -0.15) is 0 Å². The Labute approximate surface area is 121 Å². The molecule has 0 atom stereocenters. The molecule has 0 saturated heterocycles. The summed E-state index contributed by atoms with van der Waals surface area (Å²) in [4.78, 5) is 11.8.